The Labute approximate surface area is 121 Å². The van der Waals surface area contributed by atoms with Gasteiger partial charge in [0.15, 0.2) is 0 Å². The molecule has 0 aromatic carbocycles. The topological polar surface area (TPSA) is 64.1 Å². The van der Waals surface area contributed by atoms with E-state index < -0.39 is 0 Å². The van der Waals surface area contributed by atoms with Gasteiger partial charge in [0.05, 0.1) is 36.7 Å². The van der Waals surface area contributed by atoms with Gasteiger partial charge in [-0.05, 0) is 28.3 Å². The van der Waals surface area contributed by atoms with Crippen LogP contribution in [0, 0.1) is 11.8 Å². The standard InChI is InChI=1S/C13H18BrN3O2/c1-8(2)12-10(3-4-19-12)13(18)17-6-9-5-16-11(14)7-15-9/h5,7-8,10,12H,3-4,6H2,1-2H3,(H,17,18)/t10-,12-/m1/s1. The largest absolute Gasteiger partial charge is 0.377 e. The van der Waals surface area contributed by atoms with Gasteiger partial charge in [-0.2, -0.15) is 0 Å². The van der Waals surface area contributed by atoms with Crippen molar-refractivity contribution in [1.29, 1.82) is 0 Å². The molecule has 2 atom stereocenters. The SMILES string of the molecule is CC(C)[C@H]1OCC[C@H]1C(=O)NCc1cnc(Br)cn1. The van der Waals surface area contributed by atoms with Crippen LogP contribution in [0.25, 0.3) is 0 Å². The van der Waals surface area contributed by atoms with Crippen molar-refractivity contribution in [2.24, 2.45) is 11.8 Å². The molecule has 6 heteroatoms. The van der Waals surface area contributed by atoms with Crippen LogP contribution in [-0.4, -0.2) is 28.6 Å². The average molecular weight is 328 g/mol. The second kappa shape index (κ2) is 6.43. The van der Waals surface area contributed by atoms with Crippen LogP contribution in [0.2, 0.25) is 0 Å². The van der Waals surface area contributed by atoms with E-state index in [-0.39, 0.29) is 17.9 Å². The lowest BCUT2D eigenvalue weighted by molar-refractivity contribution is -0.127. The van der Waals surface area contributed by atoms with Crippen molar-refractivity contribution in [3.63, 3.8) is 0 Å². The van der Waals surface area contributed by atoms with Crippen molar-refractivity contribution < 1.29 is 9.53 Å². The Morgan fingerprint density at radius 1 is 1.53 bits per heavy atom. The summed E-state index contributed by atoms with van der Waals surface area (Å²) in [6.45, 7) is 5.23. The maximum Gasteiger partial charge on any atom is 0.226 e. The van der Waals surface area contributed by atoms with Crippen molar-refractivity contribution in [2.75, 3.05) is 6.61 Å². The summed E-state index contributed by atoms with van der Waals surface area (Å²) in [4.78, 5) is 20.4. The molecule has 1 saturated heterocycles. The summed E-state index contributed by atoms with van der Waals surface area (Å²) in [5.41, 5.74) is 0.747. The van der Waals surface area contributed by atoms with Crippen molar-refractivity contribution in [3.05, 3.63) is 22.7 Å². The fourth-order valence-corrected chi connectivity index (χ4v) is 2.49. The van der Waals surface area contributed by atoms with Crippen LogP contribution in [0.15, 0.2) is 17.0 Å². The van der Waals surface area contributed by atoms with E-state index in [0.717, 1.165) is 12.1 Å². The number of nitrogens with one attached hydrogen (secondary N) is 1. The zero-order valence-corrected chi connectivity index (χ0v) is 12.7. The van der Waals surface area contributed by atoms with Gasteiger partial charge in [0.2, 0.25) is 5.91 Å². The quantitative estimate of drug-likeness (QED) is 0.917. The summed E-state index contributed by atoms with van der Waals surface area (Å²) in [5.74, 6) is 0.343. The predicted octanol–water partition coefficient (Wildman–Crippen LogP) is 1.92. The number of amides is 1. The smallest absolute Gasteiger partial charge is 0.226 e. The number of carbonyl (C=O) groups is 1. The Balaban J connectivity index is 1.89. The zero-order valence-electron chi connectivity index (χ0n) is 11.1. The van der Waals surface area contributed by atoms with Crippen molar-refractivity contribution in [3.8, 4) is 0 Å². The van der Waals surface area contributed by atoms with Gasteiger partial charge in [-0.3, -0.25) is 9.78 Å². The molecule has 5 nitrogen and oxygen atoms in total. The summed E-state index contributed by atoms with van der Waals surface area (Å²) in [7, 11) is 0. The van der Waals surface area contributed by atoms with E-state index >= 15 is 0 Å². The normalized spacial score (nSPS) is 22.7. The number of rotatable bonds is 4. The third kappa shape index (κ3) is 3.73. The summed E-state index contributed by atoms with van der Waals surface area (Å²) in [5, 5.41) is 2.91. The Morgan fingerprint density at radius 2 is 2.32 bits per heavy atom. The molecule has 1 fully saturated rings. The molecule has 1 aliphatic heterocycles. The van der Waals surface area contributed by atoms with Crippen molar-refractivity contribution in [2.45, 2.75) is 32.9 Å². The molecule has 2 heterocycles. The van der Waals surface area contributed by atoms with Gasteiger partial charge in [-0.1, -0.05) is 13.8 Å². The highest BCUT2D eigenvalue weighted by molar-refractivity contribution is 9.10. The Kier molecular flexibility index (Phi) is 4.87. The molecule has 1 amide bonds. The minimum Gasteiger partial charge on any atom is -0.377 e. The van der Waals surface area contributed by atoms with Gasteiger partial charge in [0.25, 0.3) is 0 Å². The molecule has 0 unspecified atom stereocenters. The van der Waals surface area contributed by atoms with Gasteiger partial charge < -0.3 is 10.1 Å². The molecule has 104 valence electrons. The van der Waals surface area contributed by atoms with Crippen LogP contribution in [0.5, 0.6) is 0 Å². The van der Waals surface area contributed by atoms with Crippen LogP contribution in [0.3, 0.4) is 0 Å². The number of ether oxygens (including phenoxy) is 1. The Bertz CT molecular complexity index is 436. The number of halogens is 1. The van der Waals surface area contributed by atoms with E-state index in [9.17, 15) is 4.79 Å². The molecular formula is C13H18BrN3O2. The first-order chi connectivity index (χ1) is 9.08. The summed E-state index contributed by atoms with van der Waals surface area (Å²) >= 11 is 3.23. The van der Waals surface area contributed by atoms with Gasteiger partial charge in [0, 0.05) is 6.61 Å². The van der Waals surface area contributed by atoms with Gasteiger partial charge in [-0.15, -0.1) is 0 Å². The highest BCUT2D eigenvalue weighted by atomic mass is 79.9. The number of hydrogen-bond acceptors (Lipinski definition) is 4. The lowest BCUT2D eigenvalue weighted by Crippen LogP contribution is -2.37. The summed E-state index contributed by atoms with van der Waals surface area (Å²) in [6, 6.07) is 0. The number of nitrogens with zero attached hydrogens (tertiary/aromatic N) is 2. The Hall–Kier alpha value is -1.01. The first kappa shape index (κ1) is 14.4. The molecule has 0 aliphatic carbocycles. The van der Waals surface area contributed by atoms with Crippen LogP contribution in [0.1, 0.15) is 26.0 Å². The van der Waals surface area contributed by atoms with E-state index in [1.165, 1.54) is 0 Å². The molecule has 0 bridgehead atoms. The first-order valence-electron chi connectivity index (χ1n) is 6.43. The zero-order chi connectivity index (χ0) is 13.8. The second-order valence-electron chi connectivity index (χ2n) is 5.02. The molecule has 1 aromatic heterocycles. The molecule has 19 heavy (non-hydrogen) atoms. The number of hydrogen-bond donors (Lipinski definition) is 1. The minimum atomic E-state index is -0.0524. The number of carbonyl (C=O) groups excluding carboxylic acids is 1. The molecule has 1 aromatic rings. The van der Waals surface area contributed by atoms with Gasteiger partial charge in [0.1, 0.15) is 4.60 Å². The maximum atomic E-state index is 12.2. The molecule has 2 rings (SSSR count). The fourth-order valence-electron chi connectivity index (χ4n) is 2.29. The van der Waals surface area contributed by atoms with Crippen molar-refractivity contribution >= 4 is 21.8 Å². The van der Waals surface area contributed by atoms with Crippen LogP contribution in [-0.2, 0) is 16.1 Å². The van der Waals surface area contributed by atoms with Gasteiger partial charge in [-0.25, -0.2) is 4.98 Å². The van der Waals surface area contributed by atoms with E-state index in [1.54, 1.807) is 12.4 Å². The molecule has 0 spiro atoms. The highest BCUT2D eigenvalue weighted by Crippen LogP contribution is 2.26. The first-order valence-corrected chi connectivity index (χ1v) is 7.23. The van der Waals surface area contributed by atoms with E-state index in [2.05, 4.69) is 45.1 Å². The summed E-state index contributed by atoms with van der Waals surface area (Å²) in [6.07, 6.45) is 4.09. The molecule has 1 aliphatic rings. The predicted molar refractivity (Wildman–Crippen MR) is 74.3 cm³/mol. The lowest BCUT2D eigenvalue weighted by atomic mass is 9.92. The lowest BCUT2D eigenvalue weighted by Gasteiger charge is -2.21. The fraction of sp³-hybridized carbons (Fsp3) is 0.615. The summed E-state index contributed by atoms with van der Waals surface area (Å²) < 4.78 is 6.31. The Morgan fingerprint density at radius 3 is 2.95 bits per heavy atom. The number of aromatic nitrogens is 2. The van der Waals surface area contributed by atoms with Gasteiger partial charge >= 0.3 is 0 Å². The highest BCUT2D eigenvalue weighted by Gasteiger charge is 2.35. The maximum absolute atomic E-state index is 12.2. The van der Waals surface area contributed by atoms with Crippen LogP contribution < -0.4 is 5.32 Å². The monoisotopic (exact) mass is 327 g/mol. The molecule has 0 radical (unpaired) electrons. The second-order valence-corrected chi connectivity index (χ2v) is 5.84. The minimum absolute atomic E-state index is 0.0241. The van der Waals surface area contributed by atoms with E-state index in [4.69, 9.17) is 4.74 Å². The van der Waals surface area contributed by atoms with E-state index in [0.29, 0.717) is 23.7 Å². The average Bonchev–Trinajstić information content (AvgIpc) is 2.87. The third-order valence-corrected chi connectivity index (χ3v) is 3.66. The third-order valence-electron chi connectivity index (χ3n) is 3.25. The van der Waals surface area contributed by atoms with E-state index in [1.807, 2.05) is 0 Å². The van der Waals surface area contributed by atoms with Crippen LogP contribution in [0.4, 0.5) is 0 Å². The molecular weight excluding hydrogens is 310 g/mol. The van der Waals surface area contributed by atoms with Crippen molar-refractivity contribution in [1.82, 2.24) is 15.3 Å². The molecule has 1 N–H and O–H groups in total. The molecule has 0 saturated carbocycles. The van der Waals surface area contributed by atoms with Crippen LogP contribution >= 0.6 is 15.9 Å².